The summed E-state index contributed by atoms with van der Waals surface area (Å²) < 4.78 is 7.68. The van der Waals surface area contributed by atoms with Gasteiger partial charge in [-0.15, -0.1) is 0 Å². The number of benzene rings is 6. The molecule has 4 aliphatic carbocycles. The van der Waals surface area contributed by atoms with E-state index in [1.165, 1.54) is 127 Å². The van der Waals surface area contributed by atoms with Gasteiger partial charge in [0.15, 0.2) is 0 Å². The molecule has 0 unspecified atom stereocenters. The Kier molecular flexibility index (Phi) is 9.51. The summed E-state index contributed by atoms with van der Waals surface area (Å²) in [7, 11) is 0. The summed E-state index contributed by atoms with van der Waals surface area (Å²) in [5.41, 5.74) is 23.8. The van der Waals surface area contributed by atoms with Crippen molar-refractivity contribution in [3.05, 3.63) is 148 Å². The van der Waals surface area contributed by atoms with Crippen molar-refractivity contribution in [2.45, 2.75) is 180 Å². The number of fused-ring (bicyclic) bond motifs is 9. The summed E-state index contributed by atoms with van der Waals surface area (Å²) in [4.78, 5) is 5.24. The van der Waals surface area contributed by atoms with Crippen LogP contribution < -0.4 is 26.2 Å². The van der Waals surface area contributed by atoms with Crippen LogP contribution in [-0.2, 0) is 37.9 Å². The molecule has 4 heteroatoms. The van der Waals surface area contributed by atoms with Crippen LogP contribution in [-0.4, -0.2) is 6.71 Å². The summed E-state index contributed by atoms with van der Waals surface area (Å²) in [5.74, 6) is 0.974. The van der Waals surface area contributed by atoms with Gasteiger partial charge >= 0.3 is 0 Å². The van der Waals surface area contributed by atoms with Gasteiger partial charge in [0, 0.05) is 39.2 Å². The minimum atomic E-state index is -0.146. The number of nitrogens with zero attached hydrogens (tertiary/aromatic N) is 2. The first-order valence-electron chi connectivity index (χ1n) is 26.7. The number of rotatable bonds is 3. The minimum absolute atomic E-state index is 0.0229. The maximum atomic E-state index is 7.68. The molecule has 70 heavy (non-hydrogen) atoms. The molecule has 0 radical (unpaired) electrons. The van der Waals surface area contributed by atoms with Crippen LogP contribution in [0, 0.1) is 0 Å². The average Bonchev–Trinajstić information content (AvgIpc) is 3.68. The topological polar surface area (TPSA) is 19.6 Å². The van der Waals surface area contributed by atoms with Crippen LogP contribution in [0.4, 0.5) is 34.3 Å². The predicted molar refractivity (Wildman–Crippen MR) is 300 cm³/mol. The largest absolute Gasteiger partial charge is 0.440 e. The molecule has 1 aromatic heterocycles. The van der Waals surface area contributed by atoms with Crippen LogP contribution >= 0.6 is 0 Å². The molecule has 0 atom stereocenters. The molecule has 0 N–H and O–H groups in total. The third kappa shape index (κ3) is 6.66. The summed E-state index contributed by atoms with van der Waals surface area (Å²) in [5, 5.41) is 1.28. The predicted octanol–water partition coefficient (Wildman–Crippen LogP) is 16.5. The Hall–Kier alpha value is -5.48. The fourth-order valence-electron chi connectivity index (χ4n) is 13.6. The number of furan rings is 1. The van der Waals surface area contributed by atoms with E-state index in [1.54, 1.807) is 5.56 Å². The van der Waals surface area contributed by atoms with E-state index in [1.807, 2.05) is 0 Å². The van der Waals surface area contributed by atoms with Gasteiger partial charge in [0.25, 0.3) is 6.71 Å². The Morgan fingerprint density at radius 1 is 0.457 bits per heavy atom. The normalized spacial score (nSPS) is 21.8. The van der Waals surface area contributed by atoms with Gasteiger partial charge in [0.1, 0.15) is 5.58 Å². The molecule has 6 aliphatic rings. The van der Waals surface area contributed by atoms with Gasteiger partial charge in [-0.3, -0.25) is 4.90 Å². The molecule has 0 amide bonds. The molecule has 358 valence electrons. The Morgan fingerprint density at radius 3 is 1.63 bits per heavy atom. The van der Waals surface area contributed by atoms with E-state index in [4.69, 9.17) is 4.42 Å². The molecular weight excluding hydrogens is 848 g/mol. The second-order valence-electron chi connectivity index (χ2n) is 27.5. The zero-order valence-corrected chi connectivity index (χ0v) is 45.0. The molecule has 13 rings (SSSR count). The fourth-order valence-corrected chi connectivity index (χ4v) is 13.6. The van der Waals surface area contributed by atoms with Gasteiger partial charge < -0.3 is 9.32 Å². The Bertz CT molecular complexity index is 3320. The smallest absolute Gasteiger partial charge is 0.257 e. The lowest BCUT2D eigenvalue weighted by Crippen LogP contribution is -2.61. The molecular formula is C66H75BN2O. The first-order valence-corrected chi connectivity index (χ1v) is 26.7. The molecule has 1 fully saturated rings. The lowest BCUT2D eigenvalue weighted by molar-refractivity contribution is 0.188. The van der Waals surface area contributed by atoms with Crippen LogP contribution in [0.15, 0.2) is 114 Å². The summed E-state index contributed by atoms with van der Waals surface area (Å²) in [6.45, 7) is 36.1. The van der Waals surface area contributed by atoms with E-state index >= 15 is 0 Å². The van der Waals surface area contributed by atoms with Crippen molar-refractivity contribution in [3.8, 4) is 11.1 Å². The van der Waals surface area contributed by atoms with Crippen molar-refractivity contribution >= 4 is 68.4 Å². The Morgan fingerprint density at radius 2 is 1.01 bits per heavy atom. The third-order valence-corrected chi connectivity index (χ3v) is 18.6. The van der Waals surface area contributed by atoms with Crippen LogP contribution in [0.3, 0.4) is 0 Å². The van der Waals surface area contributed by atoms with E-state index in [0.717, 1.165) is 17.9 Å². The molecule has 1 saturated carbocycles. The first kappa shape index (κ1) is 45.6. The summed E-state index contributed by atoms with van der Waals surface area (Å²) >= 11 is 0. The molecule has 2 aliphatic heterocycles. The van der Waals surface area contributed by atoms with Crippen LogP contribution in [0.25, 0.3) is 22.1 Å². The number of hydrogen-bond donors (Lipinski definition) is 0. The number of hydrogen-bond acceptors (Lipinski definition) is 3. The van der Waals surface area contributed by atoms with Crippen LogP contribution in [0.2, 0.25) is 0 Å². The molecule has 3 nitrogen and oxygen atoms in total. The van der Waals surface area contributed by atoms with Crippen molar-refractivity contribution in [1.82, 2.24) is 0 Å². The van der Waals surface area contributed by atoms with Gasteiger partial charge in [0.2, 0.25) is 5.88 Å². The average molecular weight is 923 g/mol. The van der Waals surface area contributed by atoms with E-state index in [0.29, 0.717) is 0 Å². The monoisotopic (exact) mass is 923 g/mol. The maximum absolute atomic E-state index is 7.68. The van der Waals surface area contributed by atoms with Crippen molar-refractivity contribution in [1.29, 1.82) is 0 Å². The van der Waals surface area contributed by atoms with Crippen molar-refractivity contribution < 1.29 is 4.42 Å². The highest BCUT2D eigenvalue weighted by molar-refractivity contribution is 7.01. The summed E-state index contributed by atoms with van der Waals surface area (Å²) in [6.07, 6.45) is 7.30. The van der Waals surface area contributed by atoms with Gasteiger partial charge in [-0.2, -0.15) is 0 Å². The van der Waals surface area contributed by atoms with Gasteiger partial charge in [0.05, 0.1) is 5.69 Å². The van der Waals surface area contributed by atoms with Crippen LogP contribution in [0.5, 0.6) is 0 Å². The molecule has 0 spiro atoms. The molecule has 6 aromatic carbocycles. The number of anilines is 6. The van der Waals surface area contributed by atoms with E-state index < -0.39 is 0 Å². The Balaban J connectivity index is 1.24. The zero-order valence-electron chi connectivity index (χ0n) is 45.0. The fraction of sp³-hybridized carbons (Fsp3) is 0.424. The second kappa shape index (κ2) is 14.6. The standard InChI is InChI=1S/C66H75BN2O/c1-60(2,3)41-21-25-52(45(33-41)40-19-17-16-18-20-40)69-53-26-22-42(61(4,5)6)34-51(53)67-57-46-38-49-50(66(15)31-29-65(49,14)30-32-66)39-56(46)70-59(57)68(54-35-43(62(7,8)9)36-55(69)58(54)67)44-23-24-47-48(37-44)64(12,13)28-27-63(47,10)11/h16-26,33-39H,27-32H2,1-15H3. The SMILES string of the molecule is CC(C)(C)c1ccc2c(c1)B1c3c(cc(C(C)(C)C)cc3N(c3ccc4c(c3)C(C)(C)CCC4(C)C)c3oc4cc5c(cc4c31)C1(C)CCC5(C)CC1)N2c1ccc(C(C)(C)C)cc1-c1ccccc1. The van der Waals surface area contributed by atoms with Crippen molar-refractivity contribution in [2.24, 2.45) is 0 Å². The highest BCUT2D eigenvalue weighted by atomic mass is 16.4. The molecule has 7 aromatic rings. The van der Waals surface area contributed by atoms with Crippen LogP contribution in [0.1, 0.15) is 181 Å². The molecule has 2 bridgehead atoms. The van der Waals surface area contributed by atoms with Crippen molar-refractivity contribution in [2.75, 3.05) is 9.80 Å². The highest BCUT2D eigenvalue weighted by Crippen LogP contribution is 2.58. The quantitative estimate of drug-likeness (QED) is 0.165. The molecule has 3 heterocycles. The maximum Gasteiger partial charge on any atom is 0.257 e. The van der Waals surface area contributed by atoms with Crippen molar-refractivity contribution in [3.63, 3.8) is 0 Å². The van der Waals surface area contributed by atoms with E-state index in [9.17, 15) is 0 Å². The van der Waals surface area contributed by atoms with Gasteiger partial charge in [-0.05, 0) is 186 Å². The van der Waals surface area contributed by atoms with Gasteiger partial charge in [-0.25, -0.2) is 0 Å². The second-order valence-corrected chi connectivity index (χ2v) is 27.5. The Labute approximate surface area is 420 Å². The highest BCUT2D eigenvalue weighted by Gasteiger charge is 2.51. The first-order chi connectivity index (χ1) is 32.8. The zero-order chi connectivity index (χ0) is 49.5. The van der Waals surface area contributed by atoms with E-state index in [2.05, 4.69) is 223 Å². The lowest BCUT2D eigenvalue weighted by Gasteiger charge is -2.52. The van der Waals surface area contributed by atoms with E-state index in [-0.39, 0.29) is 44.6 Å². The molecule has 0 saturated heterocycles. The minimum Gasteiger partial charge on any atom is -0.440 e. The third-order valence-electron chi connectivity index (χ3n) is 18.6. The van der Waals surface area contributed by atoms with Gasteiger partial charge in [-0.1, -0.05) is 158 Å². The summed E-state index contributed by atoms with van der Waals surface area (Å²) in [6, 6.07) is 43.5. The lowest BCUT2D eigenvalue weighted by atomic mass is 9.33.